The average molecular weight is 344 g/mol. The molecule has 0 atom stereocenters. The molecule has 21 heavy (non-hydrogen) atoms. The van der Waals surface area contributed by atoms with Crippen molar-refractivity contribution in [3.8, 4) is 11.6 Å². The monoisotopic (exact) mass is 345 g/mol. The van der Waals surface area contributed by atoms with Crippen molar-refractivity contribution < 1.29 is 4.74 Å². The van der Waals surface area contributed by atoms with Crippen molar-refractivity contribution in [1.29, 1.82) is 0 Å². The van der Waals surface area contributed by atoms with Crippen molar-refractivity contribution in [1.82, 2.24) is 4.98 Å². The molecule has 3 rings (SSSR count). The molecule has 0 spiro atoms. The van der Waals surface area contributed by atoms with E-state index in [1.54, 1.807) is 0 Å². The zero-order valence-electron chi connectivity index (χ0n) is 12.8. The molecule has 0 saturated heterocycles. The molecule has 0 amide bonds. The van der Waals surface area contributed by atoms with Gasteiger partial charge < -0.3 is 0 Å². The summed E-state index contributed by atoms with van der Waals surface area (Å²) >= 11 is 0.401. The van der Waals surface area contributed by atoms with Gasteiger partial charge in [0.25, 0.3) is 0 Å². The van der Waals surface area contributed by atoms with Crippen molar-refractivity contribution in [2.75, 3.05) is 0 Å². The van der Waals surface area contributed by atoms with E-state index < -0.39 is 0 Å². The Morgan fingerprint density at radius 1 is 1.05 bits per heavy atom. The number of aromatic nitrogens is 1. The SMILES string of the molecule is Cc1cc(C)cc(Oc2cc3[se]cc(C(C)C)c3cn2)c1. The maximum absolute atomic E-state index is 5.94. The van der Waals surface area contributed by atoms with E-state index >= 15 is 0 Å². The van der Waals surface area contributed by atoms with Crippen LogP contribution in [-0.2, 0) is 0 Å². The molecule has 3 aromatic rings. The number of fused-ring (bicyclic) bond motifs is 1. The molecule has 0 N–H and O–H groups in total. The Hall–Kier alpha value is -1.57. The molecule has 0 aliphatic carbocycles. The van der Waals surface area contributed by atoms with Crippen LogP contribution in [0.5, 0.6) is 11.6 Å². The van der Waals surface area contributed by atoms with E-state index in [0.29, 0.717) is 26.3 Å². The van der Waals surface area contributed by atoms with Crippen LogP contribution in [0.15, 0.2) is 35.4 Å². The summed E-state index contributed by atoms with van der Waals surface area (Å²) in [5.41, 5.74) is 3.84. The third kappa shape index (κ3) is 3.04. The van der Waals surface area contributed by atoms with Crippen LogP contribution >= 0.6 is 0 Å². The summed E-state index contributed by atoms with van der Waals surface area (Å²) < 4.78 is 7.31. The quantitative estimate of drug-likeness (QED) is 0.635. The third-order valence-electron chi connectivity index (χ3n) is 3.50. The Morgan fingerprint density at radius 2 is 1.76 bits per heavy atom. The van der Waals surface area contributed by atoms with Gasteiger partial charge in [0.05, 0.1) is 0 Å². The molecule has 2 nitrogen and oxygen atoms in total. The van der Waals surface area contributed by atoms with Gasteiger partial charge in [-0.05, 0) is 0 Å². The Labute approximate surface area is 131 Å². The van der Waals surface area contributed by atoms with Gasteiger partial charge in [-0.1, -0.05) is 0 Å². The summed E-state index contributed by atoms with van der Waals surface area (Å²) in [6.45, 7) is 8.63. The van der Waals surface area contributed by atoms with E-state index in [9.17, 15) is 0 Å². The third-order valence-corrected chi connectivity index (χ3v) is 5.53. The summed E-state index contributed by atoms with van der Waals surface area (Å²) in [6.07, 6.45) is 1.97. The molecule has 0 bridgehead atoms. The minimum absolute atomic E-state index is 0.401. The summed E-state index contributed by atoms with van der Waals surface area (Å²) in [4.78, 5) is 6.85. The van der Waals surface area contributed by atoms with Gasteiger partial charge in [0.1, 0.15) is 0 Å². The molecule has 2 aromatic heterocycles. The molecule has 3 heteroatoms. The normalized spacial score (nSPS) is 11.3. The first-order chi connectivity index (χ1) is 10.0. The first kappa shape index (κ1) is 14.4. The number of hydrogen-bond donors (Lipinski definition) is 0. The van der Waals surface area contributed by atoms with E-state index in [4.69, 9.17) is 4.74 Å². The van der Waals surface area contributed by atoms with Gasteiger partial charge in [-0.2, -0.15) is 0 Å². The van der Waals surface area contributed by atoms with Crippen molar-refractivity contribution in [3.05, 3.63) is 52.1 Å². The summed E-state index contributed by atoms with van der Waals surface area (Å²) in [7, 11) is 0. The van der Waals surface area contributed by atoms with Gasteiger partial charge in [0.2, 0.25) is 0 Å². The zero-order chi connectivity index (χ0) is 15.0. The van der Waals surface area contributed by atoms with Crippen molar-refractivity contribution in [2.24, 2.45) is 0 Å². The second-order valence-corrected chi connectivity index (χ2v) is 7.70. The summed E-state index contributed by atoms with van der Waals surface area (Å²) in [6, 6.07) is 8.33. The van der Waals surface area contributed by atoms with Crippen LogP contribution in [0.2, 0.25) is 0 Å². The average Bonchev–Trinajstić information content (AvgIpc) is 2.80. The van der Waals surface area contributed by atoms with Crippen LogP contribution in [0.1, 0.15) is 36.5 Å². The molecule has 0 aliphatic heterocycles. The second-order valence-electron chi connectivity index (χ2n) is 5.79. The van der Waals surface area contributed by atoms with Crippen LogP contribution < -0.4 is 4.74 Å². The minimum atomic E-state index is 0.401. The molecule has 0 unspecified atom stereocenters. The van der Waals surface area contributed by atoms with Crippen LogP contribution in [0.3, 0.4) is 0 Å². The van der Waals surface area contributed by atoms with Gasteiger partial charge in [-0.15, -0.1) is 0 Å². The van der Waals surface area contributed by atoms with Crippen LogP contribution in [0, 0.1) is 13.8 Å². The van der Waals surface area contributed by atoms with E-state index in [1.807, 2.05) is 18.3 Å². The molecule has 108 valence electrons. The fourth-order valence-electron chi connectivity index (χ4n) is 2.54. The Morgan fingerprint density at radius 3 is 2.43 bits per heavy atom. The first-order valence-corrected chi connectivity index (χ1v) is 9.01. The number of ether oxygens (including phenoxy) is 1. The predicted molar refractivity (Wildman–Crippen MR) is 88.8 cm³/mol. The van der Waals surface area contributed by atoms with E-state index in [0.717, 1.165) is 5.75 Å². The molecule has 1 aromatic carbocycles. The molecule has 0 fully saturated rings. The molecular formula is C18H19NOSe. The Bertz CT molecular complexity index is 769. The fraction of sp³-hybridized carbons (Fsp3) is 0.278. The number of aryl methyl sites for hydroxylation is 2. The summed E-state index contributed by atoms with van der Waals surface area (Å²) in [5, 5.41) is 1.30. The maximum atomic E-state index is 5.94. The van der Waals surface area contributed by atoms with E-state index in [1.165, 1.54) is 26.3 Å². The van der Waals surface area contributed by atoms with Crippen LogP contribution in [-0.4, -0.2) is 19.5 Å². The van der Waals surface area contributed by atoms with Gasteiger partial charge in [-0.3, -0.25) is 0 Å². The van der Waals surface area contributed by atoms with Gasteiger partial charge in [-0.25, -0.2) is 0 Å². The van der Waals surface area contributed by atoms with Crippen molar-refractivity contribution in [3.63, 3.8) is 0 Å². The Kier molecular flexibility index (Phi) is 3.88. The number of nitrogens with zero attached hydrogens (tertiary/aromatic N) is 1. The molecule has 2 heterocycles. The van der Waals surface area contributed by atoms with Crippen LogP contribution in [0.4, 0.5) is 0 Å². The van der Waals surface area contributed by atoms with E-state index in [2.05, 4.69) is 49.8 Å². The fourth-order valence-corrected chi connectivity index (χ4v) is 4.89. The second kappa shape index (κ2) is 5.67. The van der Waals surface area contributed by atoms with E-state index in [-0.39, 0.29) is 0 Å². The topological polar surface area (TPSA) is 22.1 Å². The van der Waals surface area contributed by atoms with Gasteiger partial charge in [0, 0.05) is 0 Å². The predicted octanol–water partition coefficient (Wildman–Crippen LogP) is 4.82. The number of hydrogen-bond acceptors (Lipinski definition) is 2. The van der Waals surface area contributed by atoms with Crippen LogP contribution in [0.25, 0.3) is 9.65 Å². The summed E-state index contributed by atoms with van der Waals surface area (Å²) in [5.74, 6) is 2.11. The zero-order valence-corrected chi connectivity index (χ0v) is 14.5. The molecule has 0 saturated carbocycles. The van der Waals surface area contributed by atoms with Gasteiger partial charge >= 0.3 is 131 Å². The number of rotatable bonds is 3. The number of benzene rings is 1. The standard InChI is InChI=1S/C18H19NOSe/c1-11(2)16-10-21-17-8-18(19-9-15(16)17)20-14-6-12(3)5-13(4)7-14/h5-11H,1-4H3. The van der Waals surface area contributed by atoms with Crippen molar-refractivity contribution >= 4 is 24.1 Å². The molecule has 0 aliphatic rings. The molecule has 0 radical (unpaired) electrons. The first-order valence-electron chi connectivity index (χ1n) is 7.16. The Balaban J connectivity index is 1.94. The van der Waals surface area contributed by atoms with Gasteiger partial charge in [0.15, 0.2) is 0 Å². The number of pyridine rings is 1. The molecular weight excluding hydrogens is 325 g/mol. The van der Waals surface area contributed by atoms with Crippen molar-refractivity contribution in [2.45, 2.75) is 33.6 Å².